The molecule has 66 valence electrons. The summed E-state index contributed by atoms with van der Waals surface area (Å²) >= 11 is 0. The highest BCUT2D eigenvalue weighted by Gasteiger charge is 2.28. The molecule has 1 aromatic rings. The van der Waals surface area contributed by atoms with Crippen molar-refractivity contribution in [1.29, 1.82) is 0 Å². The van der Waals surface area contributed by atoms with Crippen LogP contribution in [0, 0.1) is 6.92 Å². The Hall–Kier alpha value is -1.20. The highest BCUT2D eigenvalue weighted by molar-refractivity contribution is 6.74. The number of rotatable bonds is 1. The molecule has 0 radical (unpaired) electrons. The molecule has 0 aliphatic rings. The number of hydrogen-bond acceptors (Lipinski definition) is 2. The lowest BCUT2D eigenvalue weighted by molar-refractivity contribution is 0.501. The van der Waals surface area contributed by atoms with Crippen LogP contribution in [0.1, 0.15) is 5.69 Å². The molecule has 0 aliphatic carbocycles. The summed E-state index contributed by atoms with van der Waals surface area (Å²) in [7, 11) is 0. The maximum atomic E-state index is 12.1. The van der Waals surface area contributed by atoms with Gasteiger partial charge in [0.1, 0.15) is 0 Å². The third-order valence-corrected chi connectivity index (χ3v) is 1.46. The van der Waals surface area contributed by atoms with Gasteiger partial charge < -0.3 is 18.7 Å². The second-order valence-electron chi connectivity index (χ2n) is 2.53. The van der Waals surface area contributed by atoms with Crippen LogP contribution in [0.25, 0.3) is 0 Å². The number of nitrogens with zero attached hydrogens (tertiary/aromatic N) is 1. The highest BCUT2D eigenvalue weighted by atomic mass is 19.4. The van der Waals surface area contributed by atoms with Gasteiger partial charge in [-0.25, -0.2) is 0 Å². The van der Waals surface area contributed by atoms with E-state index in [-0.39, 0.29) is 5.69 Å². The van der Waals surface area contributed by atoms with Crippen molar-refractivity contribution in [3.8, 4) is 0 Å². The van der Waals surface area contributed by atoms with Gasteiger partial charge in [-0.15, -0.1) is 0 Å². The lowest BCUT2D eigenvalue weighted by Gasteiger charge is -2.16. The number of pyridine rings is 1. The molecular formula is C6H7BF3N2-. The van der Waals surface area contributed by atoms with Crippen LogP contribution in [0.3, 0.4) is 0 Å². The van der Waals surface area contributed by atoms with E-state index in [2.05, 4.69) is 4.98 Å². The molecule has 1 rings (SSSR count). The van der Waals surface area contributed by atoms with Gasteiger partial charge in [-0.05, 0) is 13.0 Å². The quantitative estimate of drug-likeness (QED) is 0.647. The van der Waals surface area contributed by atoms with Crippen LogP contribution in [0.4, 0.5) is 18.6 Å². The summed E-state index contributed by atoms with van der Waals surface area (Å²) in [5.41, 5.74) is 4.57. The molecule has 0 bridgehead atoms. The number of hydrogen-bond donors (Lipinski definition) is 1. The van der Waals surface area contributed by atoms with E-state index in [0.29, 0.717) is 5.69 Å². The maximum Gasteiger partial charge on any atom is 0.513 e. The number of halogens is 3. The SMILES string of the molecule is Cc1cc(N)c([B-](F)(F)F)cn1. The molecule has 0 aliphatic heterocycles. The summed E-state index contributed by atoms with van der Waals surface area (Å²) < 4.78 is 36.4. The highest BCUT2D eigenvalue weighted by Crippen LogP contribution is 2.13. The van der Waals surface area contributed by atoms with Crippen molar-refractivity contribution in [3.63, 3.8) is 0 Å². The van der Waals surface area contributed by atoms with Crippen molar-refractivity contribution in [3.05, 3.63) is 18.0 Å². The summed E-state index contributed by atoms with van der Waals surface area (Å²) in [4.78, 5) is 3.52. The molecule has 1 aromatic heterocycles. The first-order valence-corrected chi connectivity index (χ1v) is 3.33. The summed E-state index contributed by atoms with van der Waals surface area (Å²) in [6.07, 6.45) is 0.769. The summed E-state index contributed by atoms with van der Waals surface area (Å²) in [5.74, 6) is 0. The standard InChI is InChI=1S/C6H7BF3N2/c1-4-2-6(11)5(3-12-4)7(8,9)10/h2-3H,1H3,(H2,11,12)/q-1. The van der Waals surface area contributed by atoms with Crippen LogP contribution < -0.4 is 11.2 Å². The van der Waals surface area contributed by atoms with E-state index >= 15 is 0 Å². The van der Waals surface area contributed by atoms with Crippen LogP contribution in [-0.4, -0.2) is 12.0 Å². The molecule has 0 amide bonds. The van der Waals surface area contributed by atoms with Gasteiger partial charge >= 0.3 is 6.98 Å². The van der Waals surface area contributed by atoms with E-state index < -0.39 is 12.4 Å². The van der Waals surface area contributed by atoms with Crippen molar-refractivity contribution in [1.82, 2.24) is 4.98 Å². The average molecular weight is 175 g/mol. The Kier molecular flexibility index (Phi) is 2.00. The van der Waals surface area contributed by atoms with Crippen LogP contribution in [-0.2, 0) is 0 Å². The molecular weight excluding hydrogens is 168 g/mol. The van der Waals surface area contributed by atoms with Gasteiger partial charge in [0, 0.05) is 17.6 Å². The van der Waals surface area contributed by atoms with Gasteiger partial charge in [-0.2, -0.15) is 0 Å². The second-order valence-corrected chi connectivity index (χ2v) is 2.53. The predicted molar refractivity (Wildman–Crippen MR) is 42.1 cm³/mol. The van der Waals surface area contributed by atoms with Crippen LogP contribution in [0.15, 0.2) is 12.3 Å². The third-order valence-electron chi connectivity index (χ3n) is 1.46. The number of anilines is 1. The molecule has 2 nitrogen and oxygen atoms in total. The van der Waals surface area contributed by atoms with E-state index in [4.69, 9.17) is 5.73 Å². The summed E-state index contributed by atoms with van der Waals surface area (Å²) in [6.45, 7) is -3.44. The van der Waals surface area contributed by atoms with Gasteiger partial charge in [-0.1, -0.05) is 5.46 Å². The average Bonchev–Trinajstić information content (AvgIpc) is 1.83. The zero-order chi connectivity index (χ0) is 9.35. The minimum absolute atomic E-state index is 0.255. The van der Waals surface area contributed by atoms with Crippen molar-refractivity contribution < 1.29 is 12.9 Å². The third kappa shape index (κ3) is 1.69. The first kappa shape index (κ1) is 8.90. The zero-order valence-electron chi connectivity index (χ0n) is 6.39. The number of aryl methyl sites for hydroxylation is 1. The van der Waals surface area contributed by atoms with E-state index in [1.54, 1.807) is 6.92 Å². The monoisotopic (exact) mass is 175 g/mol. The van der Waals surface area contributed by atoms with Crippen molar-refractivity contribution >= 4 is 18.1 Å². The summed E-state index contributed by atoms with van der Waals surface area (Å²) in [5, 5.41) is 0. The fourth-order valence-electron chi connectivity index (χ4n) is 0.865. The first-order chi connectivity index (χ1) is 5.41. The number of nitrogen functional groups attached to an aromatic ring is 1. The Labute approximate surface area is 67.7 Å². The van der Waals surface area contributed by atoms with E-state index in [9.17, 15) is 12.9 Å². The van der Waals surface area contributed by atoms with E-state index in [1.807, 2.05) is 0 Å². The largest absolute Gasteiger partial charge is 0.513 e. The van der Waals surface area contributed by atoms with Crippen LogP contribution in [0.2, 0.25) is 0 Å². The topological polar surface area (TPSA) is 38.9 Å². The smallest absolute Gasteiger partial charge is 0.445 e. The normalized spacial score (nSPS) is 11.7. The molecule has 0 unspecified atom stereocenters. The Morgan fingerprint density at radius 3 is 2.42 bits per heavy atom. The Morgan fingerprint density at radius 2 is 2.00 bits per heavy atom. The molecule has 12 heavy (non-hydrogen) atoms. The molecule has 0 aromatic carbocycles. The maximum absolute atomic E-state index is 12.1. The van der Waals surface area contributed by atoms with Gasteiger partial charge in [0.25, 0.3) is 0 Å². The molecule has 0 spiro atoms. The molecule has 0 saturated carbocycles. The molecule has 0 atom stereocenters. The van der Waals surface area contributed by atoms with Crippen LogP contribution >= 0.6 is 0 Å². The molecule has 1 heterocycles. The van der Waals surface area contributed by atoms with Gasteiger partial charge in [0.15, 0.2) is 0 Å². The summed E-state index contributed by atoms with van der Waals surface area (Å²) in [6, 6.07) is 1.21. The second kappa shape index (κ2) is 2.69. The van der Waals surface area contributed by atoms with Crippen molar-refractivity contribution in [2.24, 2.45) is 0 Å². The molecule has 2 N–H and O–H groups in total. The predicted octanol–water partition coefficient (Wildman–Crippen LogP) is 1.03. The lowest BCUT2D eigenvalue weighted by atomic mass is 9.80. The fraction of sp³-hybridized carbons (Fsp3) is 0.167. The van der Waals surface area contributed by atoms with Crippen molar-refractivity contribution in [2.45, 2.75) is 6.92 Å². The van der Waals surface area contributed by atoms with E-state index in [0.717, 1.165) is 6.20 Å². The van der Waals surface area contributed by atoms with Crippen molar-refractivity contribution in [2.75, 3.05) is 5.73 Å². The first-order valence-electron chi connectivity index (χ1n) is 3.33. The fourth-order valence-corrected chi connectivity index (χ4v) is 0.865. The van der Waals surface area contributed by atoms with Gasteiger partial charge in [-0.3, -0.25) is 4.98 Å². The van der Waals surface area contributed by atoms with Crippen LogP contribution in [0.5, 0.6) is 0 Å². The molecule has 0 saturated heterocycles. The van der Waals surface area contributed by atoms with Gasteiger partial charge in [0.05, 0.1) is 0 Å². The Balaban J connectivity index is 3.19. The molecule has 0 fully saturated rings. The number of aromatic nitrogens is 1. The Bertz CT molecular complexity index is 297. The molecule has 6 heteroatoms. The van der Waals surface area contributed by atoms with Gasteiger partial charge in [0.2, 0.25) is 0 Å². The Morgan fingerprint density at radius 1 is 1.42 bits per heavy atom. The lowest BCUT2D eigenvalue weighted by Crippen LogP contribution is -2.36. The number of nitrogens with two attached hydrogens (primary N) is 1. The minimum atomic E-state index is -5.03. The zero-order valence-corrected chi connectivity index (χ0v) is 6.39. The minimum Gasteiger partial charge on any atom is -0.445 e. The van der Waals surface area contributed by atoms with E-state index in [1.165, 1.54) is 6.07 Å².